The van der Waals surface area contributed by atoms with Gasteiger partial charge in [0.15, 0.2) is 0 Å². The van der Waals surface area contributed by atoms with Crippen molar-refractivity contribution in [3.05, 3.63) is 35.4 Å². The summed E-state index contributed by atoms with van der Waals surface area (Å²) in [6.07, 6.45) is 3.23. The average molecular weight is 302 g/mol. The highest BCUT2D eigenvalue weighted by Gasteiger charge is 2.08. The Morgan fingerprint density at radius 1 is 1.32 bits per heavy atom. The Hall–Kier alpha value is -2.32. The molecule has 1 N–H and O–H groups in total. The minimum atomic E-state index is -0.370. The molecule has 5 heteroatoms. The van der Waals surface area contributed by atoms with Crippen molar-refractivity contribution in [3.8, 4) is 11.8 Å². The summed E-state index contributed by atoms with van der Waals surface area (Å²) < 4.78 is 10.4. The van der Waals surface area contributed by atoms with E-state index in [-0.39, 0.29) is 11.5 Å². The Bertz CT molecular complexity index is 530. The van der Waals surface area contributed by atoms with Gasteiger partial charge in [0, 0.05) is 20.3 Å². The Kier molecular flexibility index (Phi) is 8.39. The van der Waals surface area contributed by atoms with E-state index in [9.17, 15) is 4.79 Å². The Labute approximate surface area is 131 Å². The van der Waals surface area contributed by atoms with Crippen LogP contribution < -0.4 is 10.1 Å². The van der Waals surface area contributed by atoms with Crippen LogP contribution in [0.2, 0.25) is 0 Å². The van der Waals surface area contributed by atoms with Crippen molar-refractivity contribution in [1.29, 1.82) is 5.26 Å². The first kappa shape index (κ1) is 17.7. The van der Waals surface area contributed by atoms with Crippen molar-refractivity contribution >= 4 is 12.0 Å². The number of nitrogens with zero attached hydrogens (tertiary/aromatic N) is 1. The van der Waals surface area contributed by atoms with Crippen molar-refractivity contribution in [1.82, 2.24) is 5.32 Å². The molecular formula is C17H22N2O3. The minimum Gasteiger partial charge on any atom is -0.494 e. The highest BCUT2D eigenvalue weighted by Crippen LogP contribution is 2.14. The van der Waals surface area contributed by atoms with Gasteiger partial charge in [-0.05, 0) is 36.6 Å². The molecule has 1 rings (SSSR count). The average Bonchev–Trinajstić information content (AvgIpc) is 2.55. The third-order valence-electron chi connectivity index (χ3n) is 2.84. The van der Waals surface area contributed by atoms with Gasteiger partial charge in [-0.3, -0.25) is 4.79 Å². The van der Waals surface area contributed by atoms with Crippen molar-refractivity contribution in [2.75, 3.05) is 26.9 Å². The number of benzene rings is 1. The number of rotatable bonds is 9. The number of hydrogen-bond donors (Lipinski definition) is 1. The quantitative estimate of drug-likeness (QED) is 0.432. The van der Waals surface area contributed by atoms with Crippen molar-refractivity contribution in [3.63, 3.8) is 0 Å². The van der Waals surface area contributed by atoms with Gasteiger partial charge in [-0.25, -0.2) is 0 Å². The molecule has 0 heterocycles. The molecule has 0 aliphatic heterocycles. The first-order valence-corrected chi connectivity index (χ1v) is 7.33. The standard InChI is InChI=1S/C17H22N2O3/c1-3-10-22-16-7-5-14(6-8-16)12-15(13-18)17(20)19-9-4-11-21-2/h5-8,12H,3-4,9-11H2,1-2H3,(H,19,20)/b15-12+. The number of methoxy groups -OCH3 is 1. The molecule has 0 saturated heterocycles. The molecule has 0 bridgehead atoms. The maximum Gasteiger partial charge on any atom is 0.261 e. The lowest BCUT2D eigenvalue weighted by molar-refractivity contribution is -0.117. The predicted molar refractivity (Wildman–Crippen MR) is 85.3 cm³/mol. The zero-order valence-corrected chi connectivity index (χ0v) is 13.1. The molecule has 1 aromatic rings. The van der Waals surface area contributed by atoms with E-state index in [1.807, 2.05) is 37.3 Å². The summed E-state index contributed by atoms with van der Waals surface area (Å²) in [7, 11) is 1.61. The van der Waals surface area contributed by atoms with Gasteiger partial charge in [-0.1, -0.05) is 19.1 Å². The van der Waals surface area contributed by atoms with E-state index in [2.05, 4.69) is 5.32 Å². The van der Waals surface area contributed by atoms with Gasteiger partial charge >= 0.3 is 0 Å². The lowest BCUT2D eigenvalue weighted by atomic mass is 10.1. The van der Waals surface area contributed by atoms with Crippen LogP contribution in [0.3, 0.4) is 0 Å². The summed E-state index contributed by atoms with van der Waals surface area (Å²) in [5, 5.41) is 11.8. The fourth-order valence-electron chi connectivity index (χ4n) is 1.71. The monoisotopic (exact) mass is 302 g/mol. The Morgan fingerprint density at radius 3 is 2.64 bits per heavy atom. The summed E-state index contributed by atoms with van der Waals surface area (Å²) >= 11 is 0. The molecule has 1 amide bonds. The van der Waals surface area contributed by atoms with E-state index in [4.69, 9.17) is 14.7 Å². The third-order valence-corrected chi connectivity index (χ3v) is 2.84. The first-order valence-electron chi connectivity index (χ1n) is 7.33. The van der Waals surface area contributed by atoms with Crippen molar-refractivity contribution < 1.29 is 14.3 Å². The van der Waals surface area contributed by atoms with E-state index in [0.29, 0.717) is 26.2 Å². The van der Waals surface area contributed by atoms with E-state index < -0.39 is 0 Å². The normalized spacial score (nSPS) is 10.9. The van der Waals surface area contributed by atoms with Crippen LogP contribution in [-0.4, -0.2) is 32.8 Å². The van der Waals surface area contributed by atoms with Gasteiger partial charge in [0.2, 0.25) is 0 Å². The van der Waals surface area contributed by atoms with E-state index >= 15 is 0 Å². The zero-order chi connectivity index (χ0) is 16.2. The van der Waals surface area contributed by atoms with Crippen LogP contribution in [0, 0.1) is 11.3 Å². The molecule has 0 saturated carbocycles. The lowest BCUT2D eigenvalue weighted by Crippen LogP contribution is -2.26. The van der Waals surface area contributed by atoms with Gasteiger partial charge in [-0.15, -0.1) is 0 Å². The highest BCUT2D eigenvalue weighted by atomic mass is 16.5. The molecule has 0 radical (unpaired) electrons. The molecule has 1 aromatic carbocycles. The van der Waals surface area contributed by atoms with Gasteiger partial charge < -0.3 is 14.8 Å². The second-order valence-electron chi connectivity index (χ2n) is 4.69. The maximum atomic E-state index is 11.9. The molecule has 0 aliphatic carbocycles. The van der Waals surface area contributed by atoms with Crippen LogP contribution in [-0.2, 0) is 9.53 Å². The number of nitrogens with one attached hydrogen (secondary N) is 1. The molecule has 22 heavy (non-hydrogen) atoms. The molecule has 0 unspecified atom stereocenters. The van der Waals surface area contributed by atoms with E-state index in [1.54, 1.807) is 13.2 Å². The smallest absolute Gasteiger partial charge is 0.261 e. The first-order chi connectivity index (χ1) is 10.7. The molecule has 0 aliphatic rings. The fraction of sp³-hybridized carbons (Fsp3) is 0.412. The van der Waals surface area contributed by atoms with Crippen LogP contribution in [0.5, 0.6) is 5.75 Å². The predicted octanol–water partition coefficient (Wildman–Crippen LogP) is 2.54. The van der Waals surface area contributed by atoms with Crippen LogP contribution in [0.1, 0.15) is 25.3 Å². The summed E-state index contributed by atoms with van der Waals surface area (Å²) in [6, 6.07) is 9.22. The van der Waals surface area contributed by atoms with Crippen molar-refractivity contribution in [2.24, 2.45) is 0 Å². The summed E-state index contributed by atoms with van der Waals surface area (Å²) in [5.74, 6) is 0.409. The number of nitriles is 1. The number of carbonyl (C=O) groups excluding carboxylic acids is 1. The van der Waals surface area contributed by atoms with Crippen molar-refractivity contribution in [2.45, 2.75) is 19.8 Å². The molecule has 5 nitrogen and oxygen atoms in total. The lowest BCUT2D eigenvalue weighted by Gasteiger charge is -2.05. The van der Waals surface area contributed by atoms with E-state index in [0.717, 1.165) is 17.7 Å². The van der Waals surface area contributed by atoms with Gasteiger partial charge in [0.05, 0.1) is 6.61 Å². The van der Waals surface area contributed by atoms with Crippen LogP contribution in [0.25, 0.3) is 6.08 Å². The molecule has 118 valence electrons. The minimum absolute atomic E-state index is 0.0830. The summed E-state index contributed by atoms with van der Waals surface area (Å²) in [5.41, 5.74) is 0.868. The maximum absolute atomic E-state index is 11.9. The highest BCUT2D eigenvalue weighted by molar-refractivity contribution is 6.01. The number of hydrogen-bond acceptors (Lipinski definition) is 4. The second-order valence-corrected chi connectivity index (χ2v) is 4.69. The number of amides is 1. The molecule has 0 fully saturated rings. The number of ether oxygens (including phenoxy) is 2. The van der Waals surface area contributed by atoms with Crippen LogP contribution in [0.15, 0.2) is 29.8 Å². The molecular weight excluding hydrogens is 280 g/mol. The third kappa shape index (κ3) is 6.42. The summed E-state index contributed by atoms with van der Waals surface area (Å²) in [4.78, 5) is 11.9. The fourth-order valence-corrected chi connectivity index (χ4v) is 1.71. The van der Waals surface area contributed by atoms with Crippen LogP contribution in [0.4, 0.5) is 0 Å². The van der Waals surface area contributed by atoms with Gasteiger partial charge in [0.1, 0.15) is 17.4 Å². The van der Waals surface area contributed by atoms with E-state index in [1.165, 1.54) is 0 Å². The Balaban J connectivity index is 2.63. The topological polar surface area (TPSA) is 71.3 Å². The largest absolute Gasteiger partial charge is 0.494 e. The molecule has 0 atom stereocenters. The van der Waals surface area contributed by atoms with Gasteiger partial charge in [-0.2, -0.15) is 5.26 Å². The molecule has 0 aromatic heterocycles. The van der Waals surface area contributed by atoms with Crippen LogP contribution >= 0.6 is 0 Å². The van der Waals surface area contributed by atoms with Gasteiger partial charge in [0.25, 0.3) is 5.91 Å². The summed E-state index contributed by atoms with van der Waals surface area (Å²) in [6.45, 7) is 3.77. The zero-order valence-electron chi connectivity index (χ0n) is 13.1. The Morgan fingerprint density at radius 2 is 2.05 bits per heavy atom. The molecule has 0 spiro atoms. The SMILES string of the molecule is CCCOc1ccc(/C=C(\C#N)C(=O)NCCCOC)cc1. The second kappa shape index (κ2) is 10.4. The number of carbonyl (C=O) groups is 1.